The second-order valence-electron chi connectivity index (χ2n) is 6.26. The Morgan fingerprint density at radius 2 is 2.11 bits per heavy atom. The van der Waals surface area contributed by atoms with Gasteiger partial charge in [-0.05, 0) is 41.9 Å². The summed E-state index contributed by atoms with van der Waals surface area (Å²) in [6.45, 7) is 1.95. The van der Waals surface area contributed by atoms with E-state index >= 15 is 0 Å². The fourth-order valence-electron chi connectivity index (χ4n) is 3.38. The fourth-order valence-corrected chi connectivity index (χ4v) is 6.08. The summed E-state index contributed by atoms with van der Waals surface area (Å²) < 4.78 is 9.82. The Balaban J connectivity index is 2.01. The highest BCUT2D eigenvalue weighted by Crippen LogP contribution is 2.39. The molecule has 0 saturated heterocycles. The SMILES string of the molecule is COc1c(-c2cc(C)cc(Cl)c2)c(=O)n2c([n+]1C)SCC2c1cnc(Cl)s1. The Labute approximate surface area is 174 Å². The van der Waals surface area contributed by atoms with Gasteiger partial charge in [0.05, 0.1) is 24.8 Å². The van der Waals surface area contributed by atoms with Crippen molar-refractivity contribution in [3.63, 3.8) is 0 Å². The van der Waals surface area contributed by atoms with Gasteiger partial charge in [0.2, 0.25) is 0 Å². The predicted molar refractivity (Wildman–Crippen MR) is 110 cm³/mol. The number of aryl methyl sites for hydroxylation is 1. The van der Waals surface area contributed by atoms with E-state index in [1.54, 1.807) is 31.1 Å². The zero-order valence-electron chi connectivity index (χ0n) is 14.8. The summed E-state index contributed by atoms with van der Waals surface area (Å²) in [5, 5.41) is 1.42. The number of benzene rings is 1. The minimum atomic E-state index is -0.112. The first kappa shape index (κ1) is 18.8. The summed E-state index contributed by atoms with van der Waals surface area (Å²) in [5.74, 6) is 1.26. The van der Waals surface area contributed by atoms with Crippen LogP contribution in [-0.2, 0) is 7.05 Å². The van der Waals surface area contributed by atoms with Crippen LogP contribution in [-0.4, -0.2) is 22.4 Å². The molecule has 9 heteroatoms. The average molecular weight is 441 g/mol. The van der Waals surface area contributed by atoms with Crippen molar-refractivity contribution in [2.75, 3.05) is 12.9 Å². The number of methoxy groups -OCH3 is 1. The number of nitrogens with zero attached hydrogens (tertiary/aromatic N) is 3. The van der Waals surface area contributed by atoms with Crippen LogP contribution in [0, 0.1) is 6.92 Å². The van der Waals surface area contributed by atoms with Crippen LogP contribution in [0.3, 0.4) is 0 Å². The Morgan fingerprint density at radius 1 is 1.33 bits per heavy atom. The van der Waals surface area contributed by atoms with Gasteiger partial charge in [0.15, 0.2) is 16.1 Å². The molecule has 0 fully saturated rings. The first-order valence-electron chi connectivity index (χ1n) is 8.14. The van der Waals surface area contributed by atoms with Gasteiger partial charge in [0, 0.05) is 11.2 Å². The van der Waals surface area contributed by atoms with E-state index in [1.807, 2.05) is 35.2 Å². The number of hydrogen-bond acceptors (Lipinski definition) is 5. The number of thiazole rings is 1. The third-order valence-electron chi connectivity index (χ3n) is 4.47. The van der Waals surface area contributed by atoms with Crippen LogP contribution in [0.1, 0.15) is 16.5 Å². The van der Waals surface area contributed by atoms with Crippen molar-refractivity contribution in [3.05, 3.63) is 54.7 Å². The first-order valence-corrected chi connectivity index (χ1v) is 10.7. The minimum Gasteiger partial charge on any atom is -0.465 e. The summed E-state index contributed by atoms with van der Waals surface area (Å²) in [6.07, 6.45) is 1.74. The van der Waals surface area contributed by atoms with Gasteiger partial charge in [-0.25, -0.2) is 9.78 Å². The third-order valence-corrected chi connectivity index (χ3v) is 7.12. The van der Waals surface area contributed by atoms with Gasteiger partial charge >= 0.3 is 10.7 Å². The highest BCUT2D eigenvalue weighted by atomic mass is 35.5. The van der Waals surface area contributed by atoms with E-state index in [4.69, 9.17) is 27.9 Å². The lowest BCUT2D eigenvalue weighted by Gasteiger charge is -2.13. The summed E-state index contributed by atoms with van der Waals surface area (Å²) in [6, 6.07) is 5.49. The maximum Gasteiger partial charge on any atom is 0.350 e. The zero-order chi connectivity index (χ0) is 19.3. The average Bonchev–Trinajstić information content (AvgIpc) is 3.23. The number of fused-ring (bicyclic) bond motifs is 1. The summed E-state index contributed by atoms with van der Waals surface area (Å²) in [4.78, 5) is 18.7. The second-order valence-corrected chi connectivity index (χ2v) is 9.33. The van der Waals surface area contributed by atoms with Crippen molar-refractivity contribution in [1.82, 2.24) is 9.55 Å². The molecule has 0 saturated carbocycles. The van der Waals surface area contributed by atoms with Gasteiger partial charge in [-0.3, -0.25) is 0 Å². The fraction of sp³-hybridized carbons (Fsp3) is 0.278. The highest BCUT2D eigenvalue weighted by Gasteiger charge is 2.40. The summed E-state index contributed by atoms with van der Waals surface area (Å²) in [5.41, 5.74) is 2.11. The Kier molecular flexibility index (Phi) is 4.96. The lowest BCUT2D eigenvalue weighted by Crippen LogP contribution is -2.42. The maximum atomic E-state index is 13.6. The second kappa shape index (κ2) is 7.13. The van der Waals surface area contributed by atoms with Crippen molar-refractivity contribution in [2.24, 2.45) is 7.05 Å². The molecule has 140 valence electrons. The third kappa shape index (κ3) is 3.16. The van der Waals surface area contributed by atoms with Crippen molar-refractivity contribution < 1.29 is 9.30 Å². The number of halogens is 2. The van der Waals surface area contributed by atoms with Crippen LogP contribution in [0.4, 0.5) is 0 Å². The first-order chi connectivity index (χ1) is 12.9. The molecule has 0 bridgehead atoms. The van der Waals surface area contributed by atoms with E-state index in [1.165, 1.54) is 11.3 Å². The molecule has 1 aromatic carbocycles. The quantitative estimate of drug-likeness (QED) is 0.453. The molecule has 0 radical (unpaired) electrons. The van der Waals surface area contributed by atoms with Crippen molar-refractivity contribution in [1.29, 1.82) is 0 Å². The molecule has 1 atom stereocenters. The molecule has 1 unspecified atom stereocenters. The van der Waals surface area contributed by atoms with Crippen molar-refractivity contribution >= 4 is 46.3 Å². The van der Waals surface area contributed by atoms with Crippen LogP contribution in [0.5, 0.6) is 5.88 Å². The number of thioether (sulfide) groups is 1. The molecule has 1 aliphatic heterocycles. The summed E-state index contributed by atoms with van der Waals surface area (Å²) >= 11 is 15.3. The molecule has 1 aliphatic rings. The number of ether oxygens (including phenoxy) is 1. The largest absolute Gasteiger partial charge is 0.465 e. The maximum absolute atomic E-state index is 13.6. The Bertz CT molecular complexity index is 1090. The Morgan fingerprint density at radius 3 is 2.74 bits per heavy atom. The normalized spacial score (nSPS) is 15.8. The van der Waals surface area contributed by atoms with Crippen LogP contribution >= 0.6 is 46.3 Å². The molecule has 0 aliphatic carbocycles. The van der Waals surface area contributed by atoms with Crippen molar-refractivity contribution in [3.8, 4) is 17.0 Å². The Hall–Kier alpha value is -1.54. The van der Waals surface area contributed by atoms with Gasteiger partial charge in [0.25, 0.3) is 5.88 Å². The minimum absolute atomic E-state index is 0.110. The lowest BCUT2D eigenvalue weighted by atomic mass is 10.1. The van der Waals surface area contributed by atoms with Gasteiger partial charge in [0.1, 0.15) is 0 Å². The smallest absolute Gasteiger partial charge is 0.350 e. The molecule has 0 spiro atoms. The van der Waals surface area contributed by atoms with E-state index in [0.29, 0.717) is 20.9 Å². The molecular formula is C18H16Cl2N3O2S2+. The van der Waals surface area contributed by atoms with E-state index in [0.717, 1.165) is 26.9 Å². The lowest BCUT2D eigenvalue weighted by molar-refractivity contribution is -0.719. The van der Waals surface area contributed by atoms with Gasteiger partial charge in [-0.1, -0.05) is 29.3 Å². The number of rotatable bonds is 3. The molecule has 4 rings (SSSR count). The number of aromatic nitrogens is 3. The van der Waals surface area contributed by atoms with E-state index < -0.39 is 0 Å². The zero-order valence-corrected chi connectivity index (χ0v) is 18.0. The monoisotopic (exact) mass is 440 g/mol. The van der Waals surface area contributed by atoms with E-state index in [2.05, 4.69) is 4.98 Å². The van der Waals surface area contributed by atoms with E-state index in [-0.39, 0.29) is 11.6 Å². The number of hydrogen-bond donors (Lipinski definition) is 0. The van der Waals surface area contributed by atoms with E-state index in [9.17, 15) is 4.79 Å². The van der Waals surface area contributed by atoms with Crippen molar-refractivity contribution in [2.45, 2.75) is 18.1 Å². The molecular weight excluding hydrogens is 425 g/mol. The van der Waals surface area contributed by atoms with Crippen LogP contribution in [0.25, 0.3) is 11.1 Å². The molecule has 5 nitrogen and oxygen atoms in total. The van der Waals surface area contributed by atoms with Gasteiger partial charge in [-0.15, -0.1) is 11.3 Å². The van der Waals surface area contributed by atoms with Gasteiger partial charge in [-0.2, -0.15) is 9.13 Å². The highest BCUT2D eigenvalue weighted by molar-refractivity contribution is 7.99. The topological polar surface area (TPSA) is 48.0 Å². The van der Waals surface area contributed by atoms with Gasteiger partial charge < -0.3 is 4.74 Å². The van der Waals surface area contributed by atoms with Crippen LogP contribution in [0.15, 0.2) is 34.3 Å². The predicted octanol–water partition coefficient (Wildman–Crippen LogP) is 4.12. The van der Waals surface area contributed by atoms with Crippen LogP contribution < -0.4 is 14.9 Å². The standard InChI is InChI=1S/C18H16Cl2N3O2S2/c1-9-4-10(6-11(19)5-9)14-15(24)23-12(13-7-21-17(20)27-13)8-26-18(23)22(2)16(14)25-3/h4-7,12H,8H2,1-3H3/q+1. The van der Waals surface area contributed by atoms with Crippen LogP contribution in [0.2, 0.25) is 9.49 Å². The molecule has 3 aromatic rings. The molecule has 0 amide bonds. The summed E-state index contributed by atoms with van der Waals surface area (Å²) in [7, 11) is 3.48. The molecule has 0 N–H and O–H groups in total. The molecule has 2 aromatic heterocycles. The molecule has 3 heterocycles. The molecule has 27 heavy (non-hydrogen) atoms.